The molecule has 0 aliphatic carbocycles. The molecular weight excluding hydrogens is 340 g/mol. The molecule has 1 aromatic rings. The Morgan fingerprint density at radius 3 is 2.92 bits per heavy atom. The summed E-state index contributed by atoms with van der Waals surface area (Å²) < 4.78 is 0.253. The zero-order chi connectivity index (χ0) is 17.6. The Labute approximate surface area is 155 Å². The van der Waals surface area contributed by atoms with Crippen molar-refractivity contribution in [3.05, 3.63) is 34.9 Å². The van der Waals surface area contributed by atoms with Gasteiger partial charge < -0.3 is 5.32 Å². The number of halogens is 1. The molecule has 24 heavy (non-hydrogen) atoms. The first-order valence-electron chi connectivity index (χ1n) is 8.72. The van der Waals surface area contributed by atoms with E-state index >= 15 is 0 Å². The smallest absolute Gasteiger partial charge is 0.224 e. The largest absolute Gasteiger partial charge is 0.355 e. The summed E-state index contributed by atoms with van der Waals surface area (Å²) in [5, 5.41) is 3.88. The van der Waals surface area contributed by atoms with E-state index in [0.717, 1.165) is 49.8 Å². The lowest BCUT2D eigenvalue weighted by Gasteiger charge is -2.32. The molecule has 1 N–H and O–H groups in total. The minimum absolute atomic E-state index is 0.109. The maximum absolute atomic E-state index is 12.4. The monoisotopic (exact) mass is 368 g/mol. The second-order valence-electron chi connectivity index (χ2n) is 7.46. The van der Waals surface area contributed by atoms with Crippen molar-refractivity contribution in [2.24, 2.45) is 5.92 Å². The number of rotatable bonds is 6. The van der Waals surface area contributed by atoms with E-state index < -0.39 is 0 Å². The van der Waals surface area contributed by atoms with E-state index in [2.05, 4.69) is 37.1 Å². The summed E-state index contributed by atoms with van der Waals surface area (Å²) in [7, 11) is 0. The van der Waals surface area contributed by atoms with Crippen molar-refractivity contribution in [2.75, 3.05) is 25.4 Å². The van der Waals surface area contributed by atoms with Crippen molar-refractivity contribution >= 4 is 29.3 Å². The summed E-state index contributed by atoms with van der Waals surface area (Å²) in [6.45, 7) is 10.1. The summed E-state index contributed by atoms with van der Waals surface area (Å²) in [5.41, 5.74) is 1.21. The van der Waals surface area contributed by atoms with Gasteiger partial charge in [0.2, 0.25) is 5.91 Å². The fraction of sp³-hybridized carbons (Fsp3) is 0.632. The highest BCUT2D eigenvalue weighted by Crippen LogP contribution is 2.23. The van der Waals surface area contributed by atoms with Crippen LogP contribution in [0.3, 0.4) is 0 Å². The van der Waals surface area contributed by atoms with Gasteiger partial charge in [-0.15, -0.1) is 0 Å². The van der Waals surface area contributed by atoms with Crippen LogP contribution >= 0.6 is 23.4 Å². The summed E-state index contributed by atoms with van der Waals surface area (Å²) >= 11 is 7.95. The molecule has 1 aliphatic heterocycles. The van der Waals surface area contributed by atoms with Crippen molar-refractivity contribution in [1.82, 2.24) is 10.2 Å². The first kappa shape index (κ1) is 19.6. The first-order chi connectivity index (χ1) is 11.3. The van der Waals surface area contributed by atoms with Crippen LogP contribution in [0, 0.1) is 5.92 Å². The third-order valence-electron chi connectivity index (χ3n) is 4.11. The van der Waals surface area contributed by atoms with Crippen molar-refractivity contribution < 1.29 is 4.79 Å². The van der Waals surface area contributed by atoms with Gasteiger partial charge in [0.25, 0.3) is 0 Å². The zero-order valence-corrected chi connectivity index (χ0v) is 16.6. The van der Waals surface area contributed by atoms with Crippen LogP contribution in [-0.2, 0) is 11.3 Å². The first-order valence-corrected chi connectivity index (χ1v) is 10.1. The molecule has 1 unspecified atom stereocenters. The van der Waals surface area contributed by atoms with Crippen LogP contribution in [0.4, 0.5) is 0 Å². The molecule has 0 bridgehead atoms. The SMILES string of the molecule is CC(C)(C)SCCNC(=O)C1CCCN(Cc2cccc(Cl)c2)C1. The van der Waals surface area contributed by atoms with Gasteiger partial charge in [0.1, 0.15) is 0 Å². The van der Waals surface area contributed by atoms with E-state index in [0.29, 0.717) is 0 Å². The quantitative estimate of drug-likeness (QED) is 0.764. The molecule has 5 heteroatoms. The Balaban J connectivity index is 1.76. The maximum Gasteiger partial charge on any atom is 0.224 e. The van der Waals surface area contributed by atoms with Gasteiger partial charge in [0, 0.05) is 35.2 Å². The number of benzene rings is 1. The second kappa shape index (κ2) is 9.12. The zero-order valence-electron chi connectivity index (χ0n) is 15.0. The minimum Gasteiger partial charge on any atom is -0.355 e. The Hall–Kier alpha value is -0.710. The third kappa shape index (κ3) is 7.04. The highest BCUT2D eigenvalue weighted by atomic mass is 35.5. The molecule has 1 fully saturated rings. The summed E-state index contributed by atoms with van der Waals surface area (Å²) in [6.07, 6.45) is 2.07. The lowest BCUT2D eigenvalue weighted by atomic mass is 9.96. The highest BCUT2D eigenvalue weighted by molar-refractivity contribution is 8.00. The molecule has 1 amide bonds. The molecule has 1 aliphatic rings. The summed E-state index contributed by atoms with van der Waals surface area (Å²) in [4.78, 5) is 14.8. The van der Waals surface area contributed by atoms with Crippen molar-refractivity contribution in [1.29, 1.82) is 0 Å². The second-order valence-corrected chi connectivity index (χ2v) is 9.81. The molecule has 0 radical (unpaired) electrons. The molecule has 0 saturated carbocycles. The molecule has 2 rings (SSSR count). The van der Waals surface area contributed by atoms with E-state index in [9.17, 15) is 4.79 Å². The third-order valence-corrected chi connectivity index (χ3v) is 5.62. The highest BCUT2D eigenvalue weighted by Gasteiger charge is 2.25. The van der Waals surface area contributed by atoms with Crippen molar-refractivity contribution in [3.8, 4) is 0 Å². The van der Waals surface area contributed by atoms with Crippen molar-refractivity contribution in [3.63, 3.8) is 0 Å². The fourth-order valence-electron chi connectivity index (χ4n) is 2.98. The number of carbonyl (C=O) groups excluding carboxylic acids is 1. The van der Waals surface area contributed by atoms with E-state index in [4.69, 9.17) is 11.6 Å². The molecule has 1 aromatic carbocycles. The van der Waals surface area contributed by atoms with Gasteiger partial charge in [-0.05, 0) is 37.1 Å². The maximum atomic E-state index is 12.4. The number of hydrogen-bond donors (Lipinski definition) is 1. The number of likely N-dealkylation sites (tertiary alicyclic amines) is 1. The lowest BCUT2D eigenvalue weighted by molar-refractivity contribution is -0.126. The average molecular weight is 369 g/mol. The van der Waals surface area contributed by atoms with Gasteiger partial charge in [0.15, 0.2) is 0 Å². The van der Waals surface area contributed by atoms with E-state index in [-0.39, 0.29) is 16.6 Å². The normalized spacial score (nSPS) is 19.2. The Bertz CT molecular complexity index is 544. The van der Waals surface area contributed by atoms with Gasteiger partial charge >= 0.3 is 0 Å². The Morgan fingerprint density at radius 1 is 1.42 bits per heavy atom. The van der Waals surface area contributed by atoms with E-state index in [1.807, 2.05) is 30.0 Å². The molecule has 1 heterocycles. The Kier molecular flexibility index (Phi) is 7.45. The van der Waals surface area contributed by atoms with Crippen LogP contribution in [0.5, 0.6) is 0 Å². The van der Waals surface area contributed by atoms with E-state index in [1.54, 1.807) is 0 Å². The topological polar surface area (TPSA) is 32.3 Å². The minimum atomic E-state index is 0.109. The van der Waals surface area contributed by atoms with Crippen LogP contribution in [0.25, 0.3) is 0 Å². The molecule has 3 nitrogen and oxygen atoms in total. The number of carbonyl (C=O) groups is 1. The van der Waals surface area contributed by atoms with Gasteiger partial charge in [-0.25, -0.2) is 0 Å². The number of nitrogens with zero attached hydrogens (tertiary/aromatic N) is 1. The Morgan fingerprint density at radius 2 is 2.21 bits per heavy atom. The molecule has 1 atom stereocenters. The standard InChI is InChI=1S/C19H29ClN2OS/c1-19(2,3)24-11-9-21-18(23)16-7-5-10-22(14-16)13-15-6-4-8-17(20)12-15/h4,6,8,12,16H,5,7,9-11,13-14H2,1-3H3,(H,21,23). The van der Waals surface area contributed by atoms with Gasteiger partial charge in [-0.2, -0.15) is 11.8 Å². The van der Waals surface area contributed by atoms with Crippen LogP contribution < -0.4 is 5.32 Å². The van der Waals surface area contributed by atoms with Crippen LogP contribution in [0.15, 0.2) is 24.3 Å². The number of nitrogens with one attached hydrogen (secondary N) is 1. The van der Waals surface area contributed by atoms with Gasteiger partial charge in [0.05, 0.1) is 5.92 Å². The van der Waals surface area contributed by atoms with Gasteiger partial charge in [-0.1, -0.05) is 44.5 Å². The molecule has 134 valence electrons. The predicted molar refractivity (Wildman–Crippen MR) is 105 cm³/mol. The summed E-state index contributed by atoms with van der Waals surface area (Å²) in [5.74, 6) is 1.28. The molecule has 1 saturated heterocycles. The predicted octanol–water partition coefficient (Wildman–Crippen LogP) is 4.20. The number of piperidine rings is 1. The lowest BCUT2D eigenvalue weighted by Crippen LogP contribution is -2.43. The van der Waals surface area contributed by atoms with Crippen molar-refractivity contribution in [2.45, 2.75) is 44.9 Å². The number of amides is 1. The molecule has 0 spiro atoms. The molecular formula is C19H29ClN2OS. The van der Waals surface area contributed by atoms with Gasteiger partial charge in [-0.3, -0.25) is 9.69 Å². The van der Waals surface area contributed by atoms with Crippen LogP contribution in [-0.4, -0.2) is 40.9 Å². The molecule has 0 aromatic heterocycles. The average Bonchev–Trinajstić information content (AvgIpc) is 2.51. The number of hydrogen-bond acceptors (Lipinski definition) is 3. The summed E-state index contributed by atoms with van der Waals surface area (Å²) in [6, 6.07) is 7.99. The van der Waals surface area contributed by atoms with Crippen LogP contribution in [0.2, 0.25) is 5.02 Å². The van der Waals surface area contributed by atoms with Crippen LogP contribution in [0.1, 0.15) is 39.2 Å². The fourth-order valence-corrected chi connectivity index (χ4v) is 4.01. The van der Waals surface area contributed by atoms with E-state index in [1.165, 1.54) is 5.56 Å². The number of thioether (sulfide) groups is 1.